The molecule has 3 aliphatic rings. The number of piperazine rings is 1. The van der Waals surface area contributed by atoms with Gasteiger partial charge in [0, 0.05) is 63.1 Å². The van der Waals surface area contributed by atoms with Crippen molar-refractivity contribution in [3.8, 4) is 5.69 Å². The number of hydrogen-bond donors (Lipinski definition) is 3. The van der Waals surface area contributed by atoms with E-state index in [9.17, 15) is 28.1 Å². The third-order valence-electron chi connectivity index (χ3n) is 12.5. The predicted octanol–water partition coefficient (Wildman–Crippen LogP) is 5.89. The number of H-pyrrole nitrogens is 1. The van der Waals surface area contributed by atoms with Crippen molar-refractivity contribution in [1.82, 2.24) is 33.9 Å². The summed E-state index contributed by atoms with van der Waals surface area (Å²) in [6, 6.07) is 18.2. The highest BCUT2D eigenvalue weighted by molar-refractivity contribution is 7.90. The van der Waals surface area contributed by atoms with Gasteiger partial charge in [-0.25, -0.2) is 32.5 Å². The van der Waals surface area contributed by atoms with Crippen LogP contribution in [-0.2, 0) is 26.5 Å². The maximum Gasteiger partial charge on any atom is 0.293 e. The largest absolute Gasteiger partial charge is 0.377 e. The molecule has 1 atom stereocenters. The topological polar surface area (TPSA) is 212 Å². The number of halogens is 1. The number of pyridine rings is 1. The van der Waals surface area contributed by atoms with Gasteiger partial charge in [-0.3, -0.25) is 24.6 Å². The summed E-state index contributed by atoms with van der Waals surface area (Å²) in [5, 5.41) is 15.8. The van der Waals surface area contributed by atoms with Gasteiger partial charge in [0.05, 0.1) is 64.4 Å². The van der Waals surface area contributed by atoms with Gasteiger partial charge in [-0.15, -0.1) is 0 Å². The monoisotopic (exact) mass is 924 g/mol. The second kappa shape index (κ2) is 17.7. The predicted molar refractivity (Wildman–Crippen MR) is 247 cm³/mol. The number of nitro groups is 1. The van der Waals surface area contributed by atoms with E-state index in [1.165, 1.54) is 57.6 Å². The van der Waals surface area contributed by atoms with E-state index in [2.05, 4.69) is 60.8 Å². The van der Waals surface area contributed by atoms with E-state index in [1.807, 2.05) is 12.1 Å². The van der Waals surface area contributed by atoms with Gasteiger partial charge in [-0.05, 0) is 84.3 Å². The van der Waals surface area contributed by atoms with Crippen LogP contribution in [0.5, 0.6) is 0 Å². The Kier molecular flexibility index (Phi) is 12.0. The lowest BCUT2D eigenvalue weighted by molar-refractivity contribution is -0.384. The molecule has 2 fully saturated rings. The number of fused-ring (bicyclic) bond motifs is 2. The number of anilines is 2. The molecule has 1 unspecified atom stereocenters. The summed E-state index contributed by atoms with van der Waals surface area (Å²) in [7, 11) is -3.13. The molecule has 2 saturated heterocycles. The number of nitrogens with one attached hydrogen (secondary N) is 3. The number of benzene rings is 3. The lowest BCUT2D eigenvalue weighted by Gasteiger charge is -2.39. The van der Waals surface area contributed by atoms with Crippen molar-refractivity contribution < 1.29 is 27.6 Å². The Labute approximate surface area is 379 Å². The number of carbonyl (C=O) groups is 1. The maximum absolute atomic E-state index is 14.3. The molecule has 0 spiro atoms. The Morgan fingerprint density at radius 1 is 1.05 bits per heavy atom. The molecule has 0 bridgehead atoms. The summed E-state index contributed by atoms with van der Waals surface area (Å²) in [5.41, 5.74) is 5.60. The Morgan fingerprint density at radius 2 is 1.83 bits per heavy atom. The molecule has 6 aromatic rings. The first-order chi connectivity index (χ1) is 31.1. The highest BCUT2D eigenvalue weighted by Gasteiger charge is 2.31. The van der Waals surface area contributed by atoms with Crippen molar-refractivity contribution in [2.45, 2.75) is 44.1 Å². The molecule has 1 amide bonds. The molecular weight excluding hydrogens is 876 g/mol. The van der Waals surface area contributed by atoms with Gasteiger partial charge < -0.3 is 24.7 Å². The van der Waals surface area contributed by atoms with Gasteiger partial charge >= 0.3 is 0 Å². The summed E-state index contributed by atoms with van der Waals surface area (Å²) in [4.78, 5) is 55.4. The summed E-state index contributed by atoms with van der Waals surface area (Å²) in [5.74, 6) is -1.01. The highest BCUT2D eigenvalue weighted by atomic mass is 35.5. The molecule has 18 nitrogen and oxygen atoms in total. The quantitative estimate of drug-likeness (QED) is 0.0966. The highest BCUT2D eigenvalue weighted by Crippen LogP contribution is 2.43. The molecule has 2 aliphatic heterocycles. The molecule has 5 heterocycles. The minimum Gasteiger partial charge on any atom is -0.377 e. The van der Waals surface area contributed by atoms with Crippen molar-refractivity contribution in [1.29, 1.82) is 0 Å². The molecule has 0 radical (unpaired) electrons. The fourth-order valence-electron chi connectivity index (χ4n) is 8.95. The number of hydrogen-bond acceptors (Lipinski definition) is 13. The van der Waals surface area contributed by atoms with Crippen LogP contribution in [0.1, 0.15) is 49.0 Å². The zero-order valence-electron chi connectivity index (χ0n) is 36.2. The SMILES string of the molecule is Cn1c(=O)c2nc3nc[nH]c3cc2n1-c1cc(N2CCN(CC3=C(c4ccc(Cl)cc4)CC(C)(C)CC3)CC2)ccc1C(=O)NS(=O)(=O)c1ccc(NCC2COCCO2)c([N+](=O)[O-])c1. The van der Waals surface area contributed by atoms with E-state index < -0.39 is 37.0 Å². The zero-order valence-corrected chi connectivity index (χ0v) is 37.7. The van der Waals surface area contributed by atoms with Crippen LogP contribution in [0.15, 0.2) is 88.3 Å². The fourth-order valence-corrected chi connectivity index (χ4v) is 10.1. The number of nitro benzene ring substituents is 1. The van der Waals surface area contributed by atoms with E-state index in [-0.39, 0.29) is 40.5 Å². The van der Waals surface area contributed by atoms with E-state index in [1.54, 1.807) is 18.2 Å². The van der Waals surface area contributed by atoms with Crippen molar-refractivity contribution in [2.24, 2.45) is 12.5 Å². The summed E-state index contributed by atoms with van der Waals surface area (Å²) in [6.07, 6.45) is 4.23. The Hall–Kier alpha value is -6.12. The minimum absolute atomic E-state index is 0.0717. The summed E-state index contributed by atoms with van der Waals surface area (Å²) in [6.45, 7) is 9.71. The van der Waals surface area contributed by atoms with Crippen LogP contribution in [0.2, 0.25) is 5.02 Å². The Morgan fingerprint density at radius 3 is 2.57 bits per heavy atom. The number of nitrogens with zero attached hydrogens (tertiary/aromatic N) is 7. The normalized spacial score (nSPS) is 18.3. The number of aromatic amines is 1. The van der Waals surface area contributed by atoms with E-state index in [0.717, 1.165) is 50.7 Å². The van der Waals surface area contributed by atoms with Gasteiger partial charge in [0.15, 0.2) is 11.2 Å². The number of imidazole rings is 1. The maximum atomic E-state index is 14.3. The molecule has 3 N–H and O–H groups in total. The first-order valence-corrected chi connectivity index (χ1v) is 23.3. The second-order valence-electron chi connectivity index (χ2n) is 17.5. The van der Waals surface area contributed by atoms with Crippen molar-refractivity contribution in [3.63, 3.8) is 0 Å². The molecule has 0 saturated carbocycles. The number of allylic oxidation sites excluding steroid dienone is 1. The van der Waals surface area contributed by atoms with Crippen LogP contribution >= 0.6 is 11.6 Å². The first kappa shape index (κ1) is 44.1. The number of sulfonamides is 1. The number of rotatable bonds is 12. The Bertz CT molecular complexity index is 3020. The third-order valence-corrected chi connectivity index (χ3v) is 14.1. The number of ether oxygens (including phenoxy) is 2. The van der Waals surface area contributed by atoms with Crippen LogP contribution in [-0.4, -0.2) is 114 Å². The van der Waals surface area contributed by atoms with Crippen LogP contribution in [0.3, 0.4) is 0 Å². The number of carbonyl (C=O) groups excluding carboxylic acids is 1. The average molecular weight is 925 g/mol. The van der Waals surface area contributed by atoms with Gasteiger partial charge in [0.2, 0.25) is 0 Å². The van der Waals surface area contributed by atoms with Crippen molar-refractivity contribution >= 4 is 72.4 Å². The van der Waals surface area contributed by atoms with Crippen LogP contribution in [0, 0.1) is 15.5 Å². The summed E-state index contributed by atoms with van der Waals surface area (Å²) < 4.78 is 43.7. The number of aromatic nitrogens is 5. The lowest BCUT2D eigenvalue weighted by Crippen LogP contribution is -2.47. The van der Waals surface area contributed by atoms with E-state index >= 15 is 0 Å². The van der Waals surface area contributed by atoms with Crippen LogP contribution in [0.25, 0.3) is 33.5 Å². The standard InChI is InChI=1S/C45H49ClN10O8S/c1-45(2)13-12-29(35(23-45)28-4-6-30(46)7-5-28)25-53-14-16-54(17-15-53)31-8-10-34(38(20-31)55-40-22-37-42(49-27-48-37)50-41(40)44(58)52(55)3)43(57)51-65(61,62)33-9-11-36(39(21-33)56(59)60)47-24-32-26-63-18-19-64-32/h4-11,20-22,27,32,47H,12-19,23-26H2,1-3H3,(H,51,57)(H,48,49,50). The molecule has 65 heavy (non-hydrogen) atoms. The van der Waals surface area contributed by atoms with Crippen LogP contribution in [0.4, 0.5) is 17.1 Å². The lowest BCUT2D eigenvalue weighted by atomic mass is 9.72. The molecule has 3 aromatic carbocycles. The molecule has 340 valence electrons. The van der Waals surface area contributed by atoms with Crippen molar-refractivity contribution in [2.75, 3.05) is 69.3 Å². The molecule has 3 aromatic heterocycles. The molecule has 9 rings (SSSR count). The smallest absolute Gasteiger partial charge is 0.293 e. The van der Waals surface area contributed by atoms with Crippen LogP contribution < -0.4 is 20.5 Å². The third kappa shape index (κ3) is 9.11. The molecular formula is C45H49ClN10O8S. The number of amides is 1. The van der Waals surface area contributed by atoms with Gasteiger partial charge in [-0.1, -0.05) is 43.2 Å². The van der Waals surface area contributed by atoms with E-state index in [4.69, 9.17) is 21.1 Å². The second-order valence-corrected chi connectivity index (χ2v) is 19.6. The average Bonchev–Trinajstić information content (AvgIpc) is 3.85. The minimum atomic E-state index is -4.67. The van der Waals surface area contributed by atoms with E-state index in [0.29, 0.717) is 54.6 Å². The van der Waals surface area contributed by atoms with Gasteiger partial charge in [0.1, 0.15) is 5.69 Å². The first-order valence-electron chi connectivity index (χ1n) is 21.4. The molecule has 1 aliphatic carbocycles. The Balaban J connectivity index is 1.01. The summed E-state index contributed by atoms with van der Waals surface area (Å²) >= 11 is 6.25. The van der Waals surface area contributed by atoms with Gasteiger partial charge in [0.25, 0.3) is 27.2 Å². The fraction of sp³-hybridized carbons (Fsp3) is 0.378. The van der Waals surface area contributed by atoms with Crippen molar-refractivity contribution in [3.05, 3.63) is 115 Å². The van der Waals surface area contributed by atoms with Gasteiger partial charge in [-0.2, -0.15) is 0 Å². The zero-order chi connectivity index (χ0) is 45.6. The molecule has 20 heteroatoms.